The third-order valence-electron chi connectivity index (χ3n) is 5.12. The summed E-state index contributed by atoms with van der Waals surface area (Å²) in [6.07, 6.45) is 3.07. The van der Waals surface area contributed by atoms with Crippen LogP contribution >= 0.6 is 11.8 Å². The van der Waals surface area contributed by atoms with Crippen LogP contribution in [-0.4, -0.2) is 67.2 Å². The van der Waals surface area contributed by atoms with Crippen LogP contribution in [0.1, 0.15) is 44.0 Å². The van der Waals surface area contributed by atoms with Crippen molar-refractivity contribution >= 4 is 34.7 Å². The predicted molar refractivity (Wildman–Crippen MR) is 132 cm³/mol. The van der Waals surface area contributed by atoms with Crippen LogP contribution in [0.5, 0.6) is 0 Å². The molecule has 9 heteroatoms. The molecule has 33 heavy (non-hydrogen) atoms. The van der Waals surface area contributed by atoms with E-state index in [4.69, 9.17) is 9.47 Å². The fraction of sp³-hybridized carbons (Fsp3) is 0.542. The van der Waals surface area contributed by atoms with Crippen molar-refractivity contribution in [2.45, 2.75) is 45.1 Å². The van der Waals surface area contributed by atoms with Crippen molar-refractivity contribution in [1.82, 2.24) is 14.8 Å². The third kappa shape index (κ3) is 8.08. The molecule has 0 unspecified atom stereocenters. The summed E-state index contributed by atoms with van der Waals surface area (Å²) in [6.45, 7) is 9.11. The topological polar surface area (TPSA) is 89.9 Å². The van der Waals surface area contributed by atoms with E-state index in [0.717, 1.165) is 35.6 Å². The molecule has 0 saturated heterocycles. The molecule has 0 aliphatic carbocycles. The van der Waals surface area contributed by atoms with E-state index in [1.165, 1.54) is 0 Å². The fourth-order valence-corrected chi connectivity index (χ4v) is 4.23. The highest BCUT2D eigenvalue weighted by molar-refractivity contribution is 7.99. The number of unbranched alkanes of at least 4 members (excludes halogenated alkanes) is 1. The van der Waals surface area contributed by atoms with E-state index in [0.29, 0.717) is 31.6 Å². The van der Waals surface area contributed by atoms with Crippen LogP contribution in [0.25, 0.3) is 10.9 Å². The first-order valence-electron chi connectivity index (χ1n) is 11.5. The Morgan fingerprint density at radius 3 is 2.64 bits per heavy atom. The van der Waals surface area contributed by atoms with E-state index in [1.807, 2.05) is 43.7 Å². The molecule has 0 fully saturated rings. The second-order valence-corrected chi connectivity index (χ2v) is 8.79. The number of rotatable bonds is 13. The number of hydrogen-bond donors (Lipinski definition) is 1. The van der Waals surface area contributed by atoms with Crippen molar-refractivity contribution in [2.24, 2.45) is 0 Å². The number of aromatic nitrogens is 1. The van der Waals surface area contributed by atoms with Gasteiger partial charge in [-0.2, -0.15) is 0 Å². The maximum absolute atomic E-state index is 12.9. The maximum atomic E-state index is 12.9. The number of esters is 1. The largest absolute Gasteiger partial charge is 0.462 e. The molecule has 1 amide bonds. The van der Waals surface area contributed by atoms with E-state index >= 15 is 0 Å². The number of carbonyl (C=O) groups is 2. The first-order chi connectivity index (χ1) is 15.9. The molecule has 1 aromatic carbocycles. The number of fused-ring (bicyclic) bond motifs is 1. The number of ether oxygens (including phenoxy) is 2. The van der Waals surface area contributed by atoms with Crippen LogP contribution in [0.3, 0.4) is 0 Å². The van der Waals surface area contributed by atoms with Gasteiger partial charge >= 0.3 is 12.1 Å². The molecule has 0 spiro atoms. The van der Waals surface area contributed by atoms with Gasteiger partial charge in [0.1, 0.15) is 5.56 Å². The molecule has 1 aromatic heterocycles. The number of aryl methyl sites for hydroxylation is 1. The molecule has 1 N–H and O–H groups in total. The highest BCUT2D eigenvalue weighted by Crippen LogP contribution is 2.23. The molecule has 0 aliphatic rings. The number of likely N-dealkylation sites (N-methyl/N-ethyl adjacent to an activating group) is 1. The van der Waals surface area contributed by atoms with Crippen molar-refractivity contribution in [2.75, 3.05) is 45.6 Å². The molecular formula is C24H35N3O5S. The Balaban J connectivity index is 1.94. The quantitative estimate of drug-likeness (QED) is 0.267. The summed E-state index contributed by atoms with van der Waals surface area (Å²) in [5, 5.41) is 3.28. The molecular weight excluding hydrogens is 442 g/mol. The van der Waals surface area contributed by atoms with Gasteiger partial charge in [0.05, 0.1) is 18.7 Å². The Bertz CT molecular complexity index is 992. The van der Waals surface area contributed by atoms with Crippen molar-refractivity contribution < 1.29 is 19.1 Å². The zero-order chi connectivity index (χ0) is 24.2. The lowest BCUT2D eigenvalue weighted by atomic mass is 10.1. The van der Waals surface area contributed by atoms with E-state index in [1.54, 1.807) is 24.9 Å². The second kappa shape index (κ2) is 13.9. The highest BCUT2D eigenvalue weighted by Gasteiger charge is 2.16. The zero-order valence-corrected chi connectivity index (χ0v) is 20.8. The number of nitrogens with zero attached hydrogens (tertiary/aromatic N) is 2. The number of benzene rings is 1. The molecule has 2 aromatic rings. The molecule has 182 valence electrons. The van der Waals surface area contributed by atoms with Gasteiger partial charge in [-0.25, -0.2) is 9.59 Å². The second-order valence-electron chi connectivity index (χ2n) is 7.63. The Hall–Kier alpha value is -2.52. The first-order valence-corrected chi connectivity index (χ1v) is 12.5. The Labute approximate surface area is 199 Å². The van der Waals surface area contributed by atoms with Crippen LogP contribution < -0.4 is 10.7 Å². The first kappa shape index (κ1) is 26.7. The summed E-state index contributed by atoms with van der Waals surface area (Å²) in [4.78, 5) is 39.8. The minimum atomic E-state index is -0.589. The van der Waals surface area contributed by atoms with Crippen LogP contribution in [-0.2, 0) is 16.0 Å². The molecule has 0 radical (unpaired) electrons. The number of pyridine rings is 1. The SMILES string of the molecule is CCCCOC(=O)NCCN(C)CCSc1ccc2c(c1)c(=O)c(C(=O)OCC)cn2CC. The standard InChI is InChI=1S/C24H35N3O5S/c1-5-8-14-32-24(30)25-11-12-26(4)13-15-33-18-9-10-21-19(16-18)22(28)20(17-27(21)6-2)23(29)31-7-3/h9-10,16-17H,5-8,11-15H2,1-4H3,(H,25,30). The molecule has 0 aliphatic heterocycles. The van der Waals surface area contributed by atoms with Gasteiger partial charge in [-0.3, -0.25) is 4.79 Å². The normalized spacial score (nSPS) is 11.1. The molecule has 8 nitrogen and oxygen atoms in total. The summed E-state index contributed by atoms with van der Waals surface area (Å²) in [5.74, 6) is 0.233. The van der Waals surface area contributed by atoms with Gasteiger partial charge in [-0.1, -0.05) is 13.3 Å². The van der Waals surface area contributed by atoms with Crippen molar-refractivity contribution in [3.05, 3.63) is 40.2 Å². The molecule has 0 atom stereocenters. The number of nitrogens with one attached hydrogen (secondary N) is 1. The lowest BCUT2D eigenvalue weighted by Crippen LogP contribution is -2.34. The van der Waals surface area contributed by atoms with Crippen LogP contribution in [0, 0.1) is 0 Å². The number of thioether (sulfide) groups is 1. The van der Waals surface area contributed by atoms with Crippen molar-refractivity contribution in [3.8, 4) is 0 Å². The van der Waals surface area contributed by atoms with Gasteiger partial charge in [0.25, 0.3) is 0 Å². The minimum absolute atomic E-state index is 0.0637. The van der Waals surface area contributed by atoms with E-state index in [9.17, 15) is 14.4 Å². The van der Waals surface area contributed by atoms with E-state index < -0.39 is 5.97 Å². The number of hydrogen-bond acceptors (Lipinski definition) is 7. The fourth-order valence-electron chi connectivity index (χ4n) is 3.22. The number of carbonyl (C=O) groups excluding carboxylic acids is 2. The average molecular weight is 478 g/mol. The van der Waals surface area contributed by atoms with Crippen LogP contribution in [0.4, 0.5) is 4.79 Å². The molecule has 1 heterocycles. The average Bonchev–Trinajstić information content (AvgIpc) is 2.80. The Morgan fingerprint density at radius 2 is 1.94 bits per heavy atom. The zero-order valence-electron chi connectivity index (χ0n) is 20.0. The number of amides is 1. The van der Waals surface area contributed by atoms with Gasteiger partial charge in [-0.15, -0.1) is 11.8 Å². The van der Waals surface area contributed by atoms with Gasteiger partial charge in [-0.05, 0) is 45.5 Å². The van der Waals surface area contributed by atoms with Crippen molar-refractivity contribution in [3.63, 3.8) is 0 Å². The lowest BCUT2D eigenvalue weighted by molar-refractivity contribution is 0.0524. The smallest absolute Gasteiger partial charge is 0.407 e. The molecule has 0 bridgehead atoms. The van der Waals surface area contributed by atoms with E-state index in [2.05, 4.69) is 10.2 Å². The van der Waals surface area contributed by atoms with E-state index in [-0.39, 0.29) is 23.7 Å². The highest BCUT2D eigenvalue weighted by atomic mass is 32.2. The third-order valence-corrected chi connectivity index (χ3v) is 6.10. The Kier molecular flexibility index (Phi) is 11.3. The summed E-state index contributed by atoms with van der Waals surface area (Å²) in [6, 6.07) is 5.77. The molecule has 0 saturated carbocycles. The lowest BCUT2D eigenvalue weighted by Gasteiger charge is -2.17. The summed E-state index contributed by atoms with van der Waals surface area (Å²) >= 11 is 1.65. The van der Waals surface area contributed by atoms with Gasteiger partial charge in [0.2, 0.25) is 5.43 Å². The predicted octanol–water partition coefficient (Wildman–Crippen LogP) is 3.75. The van der Waals surface area contributed by atoms with Gasteiger partial charge in [0.15, 0.2) is 0 Å². The maximum Gasteiger partial charge on any atom is 0.407 e. The monoisotopic (exact) mass is 477 g/mol. The van der Waals surface area contributed by atoms with Crippen LogP contribution in [0.2, 0.25) is 0 Å². The summed E-state index contributed by atoms with van der Waals surface area (Å²) in [7, 11) is 2.00. The van der Waals surface area contributed by atoms with Crippen molar-refractivity contribution in [1.29, 1.82) is 0 Å². The Morgan fingerprint density at radius 1 is 1.15 bits per heavy atom. The number of alkyl carbamates (subject to hydrolysis) is 1. The van der Waals surface area contributed by atoms with Gasteiger partial charge < -0.3 is 24.3 Å². The minimum Gasteiger partial charge on any atom is -0.462 e. The summed E-state index contributed by atoms with van der Waals surface area (Å²) < 4.78 is 12.0. The van der Waals surface area contributed by atoms with Crippen LogP contribution in [0.15, 0.2) is 34.1 Å². The molecule has 2 rings (SSSR count). The van der Waals surface area contributed by atoms with Gasteiger partial charge in [0, 0.05) is 48.4 Å². The summed E-state index contributed by atoms with van der Waals surface area (Å²) in [5.41, 5.74) is 0.562.